The van der Waals surface area contributed by atoms with E-state index >= 15 is 0 Å². The van der Waals surface area contributed by atoms with E-state index in [-0.39, 0.29) is 16.7 Å². The van der Waals surface area contributed by atoms with Crippen LogP contribution < -0.4 is 5.32 Å². The largest absolute Gasteiger partial charge is 0.306 e. The van der Waals surface area contributed by atoms with Crippen LogP contribution in [0.2, 0.25) is 5.02 Å². The lowest BCUT2D eigenvalue weighted by atomic mass is 10.0. The molecule has 1 aromatic carbocycles. The first-order valence-corrected chi connectivity index (χ1v) is 5.97. The summed E-state index contributed by atoms with van der Waals surface area (Å²) >= 11 is 11.8. The molecule has 0 saturated heterocycles. The van der Waals surface area contributed by atoms with Crippen LogP contribution in [0.25, 0.3) is 0 Å². The van der Waals surface area contributed by atoms with Crippen molar-refractivity contribution in [3.63, 3.8) is 0 Å². The molecule has 0 aromatic heterocycles. The molecule has 1 unspecified atom stereocenters. The molecular formula is C12H16Cl2FN. The predicted octanol–water partition coefficient (Wildman–Crippen LogP) is 3.97. The molecule has 90 valence electrons. The SMILES string of the molecule is CC(Cl)C(C)(C)NCc1cc(Cl)ccc1F. The van der Waals surface area contributed by atoms with Crippen molar-refractivity contribution in [3.05, 3.63) is 34.6 Å². The standard InChI is InChI=1S/C12H16Cl2FN/c1-8(13)12(2,3)16-7-9-6-10(14)4-5-11(9)15/h4-6,8,16H,7H2,1-3H3. The van der Waals surface area contributed by atoms with Crippen molar-refractivity contribution >= 4 is 23.2 Å². The molecule has 0 aliphatic carbocycles. The van der Waals surface area contributed by atoms with E-state index in [2.05, 4.69) is 5.32 Å². The fraction of sp³-hybridized carbons (Fsp3) is 0.500. The van der Waals surface area contributed by atoms with Gasteiger partial charge in [-0.25, -0.2) is 4.39 Å². The molecule has 1 aromatic rings. The lowest BCUT2D eigenvalue weighted by Crippen LogP contribution is -2.45. The van der Waals surface area contributed by atoms with Gasteiger partial charge in [0.05, 0.1) is 0 Å². The average molecular weight is 264 g/mol. The van der Waals surface area contributed by atoms with Crippen molar-refractivity contribution in [1.29, 1.82) is 0 Å². The van der Waals surface area contributed by atoms with Gasteiger partial charge in [0.15, 0.2) is 0 Å². The van der Waals surface area contributed by atoms with E-state index in [0.29, 0.717) is 17.1 Å². The molecule has 0 heterocycles. The van der Waals surface area contributed by atoms with Crippen LogP contribution in [-0.4, -0.2) is 10.9 Å². The van der Waals surface area contributed by atoms with Crippen LogP contribution in [0.15, 0.2) is 18.2 Å². The van der Waals surface area contributed by atoms with Gasteiger partial charge in [0, 0.05) is 28.0 Å². The minimum atomic E-state index is -0.255. The molecule has 0 amide bonds. The molecule has 0 radical (unpaired) electrons. The van der Waals surface area contributed by atoms with Gasteiger partial charge < -0.3 is 5.32 Å². The van der Waals surface area contributed by atoms with E-state index < -0.39 is 0 Å². The topological polar surface area (TPSA) is 12.0 Å². The van der Waals surface area contributed by atoms with Crippen LogP contribution in [0.1, 0.15) is 26.3 Å². The quantitative estimate of drug-likeness (QED) is 0.811. The Morgan fingerprint density at radius 2 is 2.06 bits per heavy atom. The Balaban J connectivity index is 2.71. The lowest BCUT2D eigenvalue weighted by molar-refractivity contribution is 0.376. The summed E-state index contributed by atoms with van der Waals surface area (Å²) in [6.07, 6.45) is 0. The fourth-order valence-electron chi connectivity index (χ4n) is 1.14. The molecule has 1 nitrogen and oxygen atoms in total. The molecule has 4 heteroatoms. The van der Waals surface area contributed by atoms with Crippen LogP contribution in [0.3, 0.4) is 0 Å². The van der Waals surface area contributed by atoms with Crippen molar-refractivity contribution in [1.82, 2.24) is 5.32 Å². The molecule has 1 atom stereocenters. The zero-order chi connectivity index (χ0) is 12.3. The highest BCUT2D eigenvalue weighted by Gasteiger charge is 2.23. The summed E-state index contributed by atoms with van der Waals surface area (Å²) in [5.41, 5.74) is 0.300. The highest BCUT2D eigenvalue weighted by molar-refractivity contribution is 6.30. The predicted molar refractivity (Wildman–Crippen MR) is 67.6 cm³/mol. The number of alkyl halides is 1. The molecule has 0 spiro atoms. The number of nitrogens with one attached hydrogen (secondary N) is 1. The van der Waals surface area contributed by atoms with Gasteiger partial charge in [-0.3, -0.25) is 0 Å². The number of halogens is 3. The van der Waals surface area contributed by atoms with Crippen molar-refractivity contribution in [3.8, 4) is 0 Å². The molecule has 0 saturated carbocycles. The summed E-state index contributed by atoms with van der Waals surface area (Å²) in [5, 5.41) is 3.70. The third-order valence-corrected chi connectivity index (χ3v) is 3.52. The Labute approximate surface area is 106 Å². The maximum absolute atomic E-state index is 13.4. The van der Waals surface area contributed by atoms with Gasteiger partial charge >= 0.3 is 0 Å². The van der Waals surface area contributed by atoms with E-state index in [1.807, 2.05) is 20.8 Å². The molecule has 0 aliphatic heterocycles. The van der Waals surface area contributed by atoms with Crippen molar-refractivity contribution in [2.45, 2.75) is 38.2 Å². The van der Waals surface area contributed by atoms with E-state index in [4.69, 9.17) is 23.2 Å². The van der Waals surface area contributed by atoms with Gasteiger partial charge in [0.2, 0.25) is 0 Å². The Morgan fingerprint density at radius 3 is 2.62 bits per heavy atom. The maximum Gasteiger partial charge on any atom is 0.127 e. The fourth-order valence-corrected chi connectivity index (χ4v) is 1.41. The Bertz CT molecular complexity index is 364. The van der Waals surface area contributed by atoms with Crippen molar-refractivity contribution < 1.29 is 4.39 Å². The summed E-state index contributed by atoms with van der Waals surface area (Å²) < 4.78 is 13.4. The minimum Gasteiger partial charge on any atom is -0.306 e. The highest BCUT2D eigenvalue weighted by Crippen LogP contribution is 2.18. The summed E-state index contributed by atoms with van der Waals surface area (Å²) in [7, 11) is 0. The minimum absolute atomic E-state index is 0.0465. The Morgan fingerprint density at radius 1 is 1.44 bits per heavy atom. The zero-order valence-corrected chi connectivity index (χ0v) is 11.2. The third-order valence-electron chi connectivity index (χ3n) is 2.74. The van der Waals surface area contributed by atoms with E-state index in [9.17, 15) is 4.39 Å². The van der Waals surface area contributed by atoms with Gasteiger partial charge in [-0.2, -0.15) is 0 Å². The van der Waals surface area contributed by atoms with Crippen molar-refractivity contribution in [2.75, 3.05) is 0 Å². The van der Waals surface area contributed by atoms with Gasteiger partial charge in [0.1, 0.15) is 5.82 Å². The van der Waals surface area contributed by atoms with Crippen LogP contribution in [-0.2, 0) is 6.54 Å². The summed E-state index contributed by atoms with van der Waals surface area (Å²) in [6.45, 7) is 6.28. The van der Waals surface area contributed by atoms with Gasteiger partial charge in [-0.1, -0.05) is 11.6 Å². The summed E-state index contributed by atoms with van der Waals surface area (Å²) in [6, 6.07) is 4.53. The zero-order valence-electron chi connectivity index (χ0n) is 9.65. The number of rotatable bonds is 4. The number of hydrogen-bond acceptors (Lipinski definition) is 1. The second-order valence-electron chi connectivity index (χ2n) is 4.43. The van der Waals surface area contributed by atoms with Crippen LogP contribution in [0.4, 0.5) is 4.39 Å². The Kier molecular flexibility index (Phi) is 4.60. The highest BCUT2D eigenvalue weighted by atomic mass is 35.5. The molecule has 0 bridgehead atoms. The molecule has 1 N–H and O–H groups in total. The molecule has 0 fully saturated rings. The van der Waals surface area contributed by atoms with Crippen LogP contribution in [0.5, 0.6) is 0 Å². The first-order chi connectivity index (χ1) is 7.33. The summed E-state index contributed by atoms with van der Waals surface area (Å²) in [4.78, 5) is 0. The van der Waals surface area contributed by atoms with Gasteiger partial charge in [-0.05, 0) is 39.0 Å². The average Bonchev–Trinajstić information content (AvgIpc) is 2.19. The first-order valence-electron chi connectivity index (χ1n) is 5.16. The smallest absolute Gasteiger partial charge is 0.127 e. The lowest BCUT2D eigenvalue weighted by Gasteiger charge is -2.29. The second-order valence-corrected chi connectivity index (χ2v) is 5.52. The van der Waals surface area contributed by atoms with E-state index in [0.717, 1.165) is 0 Å². The molecule has 16 heavy (non-hydrogen) atoms. The molecule has 0 aliphatic rings. The van der Waals surface area contributed by atoms with Gasteiger partial charge in [0.25, 0.3) is 0 Å². The molecule has 1 rings (SSSR count). The monoisotopic (exact) mass is 263 g/mol. The first kappa shape index (κ1) is 13.8. The van der Waals surface area contributed by atoms with E-state index in [1.54, 1.807) is 6.07 Å². The number of hydrogen-bond donors (Lipinski definition) is 1. The van der Waals surface area contributed by atoms with E-state index in [1.165, 1.54) is 12.1 Å². The normalized spacial score (nSPS) is 13.9. The van der Waals surface area contributed by atoms with Crippen LogP contribution >= 0.6 is 23.2 Å². The third kappa shape index (κ3) is 3.62. The van der Waals surface area contributed by atoms with Crippen LogP contribution in [0, 0.1) is 5.82 Å². The maximum atomic E-state index is 13.4. The number of benzene rings is 1. The second kappa shape index (κ2) is 5.35. The summed E-state index contributed by atoms with van der Waals surface area (Å²) in [5.74, 6) is -0.255. The Hall–Kier alpha value is -0.310. The van der Waals surface area contributed by atoms with Crippen molar-refractivity contribution in [2.24, 2.45) is 0 Å². The molecular weight excluding hydrogens is 248 g/mol. The van der Waals surface area contributed by atoms with Gasteiger partial charge in [-0.15, -0.1) is 11.6 Å².